The molecule has 2 aromatic rings. The molecule has 1 unspecified atom stereocenters. The highest BCUT2D eigenvalue weighted by Crippen LogP contribution is 2.44. The molecule has 0 radical (unpaired) electrons. The molecular weight excluding hydrogens is 236 g/mol. The van der Waals surface area contributed by atoms with Gasteiger partial charge in [-0.25, -0.2) is 0 Å². The molecule has 1 aliphatic rings. The molecule has 3 rings (SSSR count). The summed E-state index contributed by atoms with van der Waals surface area (Å²) < 4.78 is 4.95. The van der Waals surface area contributed by atoms with E-state index in [-0.39, 0.29) is 12.3 Å². The summed E-state index contributed by atoms with van der Waals surface area (Å²) in [5, 5.41) is 13.0. The van der Waals surface area contributed by atoms with Crippen molar-refractivity contribution in [3.63, 3.8) is 0 Å². The molecule has 0 amide bonds. The third-order valence-electron chi connectivity index (χ3n) is 3.28. The van der Waals surface area contributed by atoms with Gasteiger partial charge < -0.3 is 5.11 Å². The van der Waals surface area contributed by atoms with Crippen LogP contribution in [0.3, 0.4) is 0 Å². The van der Waals surface area contributed by atoms with Crippen molar-refractivity contribution in [3.05, 3.63) is 23.8 Å². The molecule has 1 fully saturated rings. The Labute approximate surface area is 102 Å². The van der Waals surface area contributed by atoms with E-state index < -0.39 is 5.97 Å². The molecule has 1 N–H and O–H groups in total. The van der Waals surface area contributed by atoms with Gasteiger partial charge in [-0.05, 0) is 53.9 Å². The van der Waals surface area contributed by atoms with Gasteiger partial charge in [0.1, 0.15) is 5.52 Å². The number of carbonyl (C=O) groups is 1. The van der Waals surface area contributed by atoms with Crippen molar-refractivity contribution < 1.29 is 9.90 Å². The summed E-state index contributed by atoms with van der Waals surface area (Å²) in [6.45, 7) is 0. The normalized spacial score (nSPS) is 17.2. The number of carboxylic acid groups (broad SMARTS) is 1. The van der Waals surface area contributed by atoms with Gasteiger partial charge in [0.15, 0.2) is 0 Å². The number of benzene rings is 1. The molecule has 17 heavy (non-hydrogen) atoms. The van der Waals surface area contributed by atoms with Crippen LogP contribution in [0.4, 0.5) is 0 Å². The molecule has 5 heteroatoms. The number of carboxylic acids is 1. The first-order valence-electron chi connectivity index (χ1n) is 5.68. The third kappa shape index (κ3) is 2.15. The van der Waals surface area contributed by atoms with Crippen LogP contribution in [0, 0.1) is 5.92 Å². The van der Waals surface area contributed by atoms with E-state index in [1.165, 1.54) is 11.5 Å². The molecule has 88 valence electrons. The maximum absolute atomic E-state index is 10.9. The summed E-state index contributed by atoms with van der Waals surface area (Å²) in [5.41, 5.74) is 1.97. The lowest BCUT2D eigenvalue weighted by Crippen LogP contribution is -2.08. The van der Waals surface area contributed by atoms with Gasteiger partial charge in [-0.15, -0.1) is 5.10 Å². The molecule has 0 aliphatic heterocycles. The predicted octanol–water partition coefficient (Wildman–Crippen LogP) is 2.66. The first-order valence-corrected chi connectivity index (χ1v) is 6.45. The Hall–Kier alpha value is -1.49. The molecule has 0 saturated heterocycles. The first-order chi connectivity index (χ1) is 8.24. The Morgan fingerprint density at radius 1 is 1.53 bits per heavy atom. The van der Waals surface area contributed by atoms with Crippen molar-refractivity contribution in [1.82, 2.24) is 9.59 Å². The lowest BCUT2D eigenvalue weighted by Gasteiger charge is -2.13. The standard InChI is InChI=1S/C12H12N2O2S/c15-12(16)6-9(7-1-2-7)8-3-4-11-10(5-8)13-14-17-11/h3-5,7,9H,1-2,6H2,(H,15,16). The second-order valence-electron chi connectivity index (χ2n) is 4.54. The van der Waals surface area contributed by atoms with Crippen LogP contribution in [0.25, 0.3) is 10.2 Å². The second-order valence-corrected chi connectivity index (χ2v) is 5.33. The molecule has 1 aromatic carbocycles. The van der Waals surface area contributed by atoms with E-state index in [2.05, 4.69) is 9.59 Å². The Bertz CT molecular complexity index is 562. The number of hydrogen-bond donors (Lipinski definition) is 1. The van der Waals surface area contributed by atoms with Gasteiger partial charge in [0.05, 0.1) is 11.1 Å². The fourth-order valence-electron chi connectivity index (χ4n) is 2.27. The Morgan fingerprint density at radius 2 is 2.35 bits per heavy atom. The number of aromatic nitrogens is 2. The van der Waals surface area contributed by atoms with Crippen molar-refractivity contribution in [1.29, 1.82) is 0 Å². The highest BCUT2D eigenvalue weighted by atomic mass is 32.1. The zero-order valence-electron chi connectivity index (χ0n) is 9.17. The van der Waals surface area contributed by atoms with Crippen LogP contribution in [0.5, 0.6) is 0 Å². The largest absolute Gasteiger partial charge is 0.481 e. The highest BCUT2D eigenvalue weighted by molar-refractivity contribution is 7.12. The minimum Gasteiger partial charge on any atom is -0.481 e. The van der Waals surface area contributed by atoms with Crippen molar-refractivity contribution in [2.45, 2.75) is 25.2 Å². The van der Waals surface area contributed by atoms with Gasteiger partial charge in [0, 0.05) is 0 Å². The average molecular weight is 248 g/mol. The summed E-state index contributed by atoms with van der Waals surface area (Å²) in [7, 11) is 0. The molecule has 4 nitrogen and oxygen atoms in total. The van der Waals surface area contributed by atoms with E-state index >= 15 is 0 Å². The zero-order valence-corrected chi connectivity index (χ0v) is 9.98. The Balaban J connectivity index is 1.95. The van der Waals surface area contributed by atoms with Gasteiger partial charge in [0.2, 0.25) is 0 Å². The van der Waals surface area contributed by atoms with E-state index in [4.69, 9.17) is 5.11 Å². The van der Waals surface area contributed by atoms with E-state index in [0.717, 1.165) is 28.6 Å². The minimum absolute atomic E-state index is 0.138. The summed E-state index contributed by atoms with van der Waals surface area (Å²) >= 11 is 1.37. The van der Waals surface area contributed by atoms with Crippen molar-refractivity contribution >= 4 is 27.7 Å². The van der Waals surface area contributed by atoms with Crippen LogP contribution < -0.4 is 0 Å². The number of rotatable bonds is 4. The molecule has 0 bridgehead atoms. The fraction of sp³-hybridized carbons (Fsp3) is 0.417. The highest BCUT2D eigenvalue weighted by Gasteiger charge is 2.33. The topological polar surface area (TPSA) is 63.1 Å². The minimum atomic E-state index is -0.724. The second kappa shape index (κ2) is 4.07. The van der Waals surface area contributed by atoms with Crippen molar-refractivity contribution in [3.8, 4) is 0 Å². The maximum Gasteiger partial charge on any atom is 0.303 e. The number of aliphatic carboxylic acids is 1. The molecule has 0 spiro atoms. The van der Waals surface area contributed by atoms with Crippen LogP contribution in [0.15, 0.2) is 18.2 Å². The van der Waals surface area contributed by atoms with Crippen LogP contribution in [-0.4, -0.2) is 20.7 Å². The summed E-state index contributed by atoms with van der Waals surface area (Å²) in [4.78, 5) is 10.9. The average Bonchev–Trinajstić information content (AvgIpc) is 3.03. The van der Waals surface area contributed by atoms with E-state index in [0.29, 0.717) is 5.92 Å². The van der Waals surface area contributed by atoms with E-state index in [1.54, 1.807) is 0 Å². The van der Waals surface area contributed by atoms with Crippen molar-refractivity contribution in [2.24, 2.45) is 5.92 Å². The quantitative estimate of drug-likeness (QED) is 0.903. The van der Waals surface area contributed by atoms with Gasteiger partial charge in [-0.2, -0.15) is 0 Å². The first kappa shape index (κ1) is 10.7. The van der Waals surface area contributed by atoms with E-state index in [1.807, 2.05) is 18.2 Å². The lowest BCUT2D eigenvalue weighted by atomic mass is 9.91. The predicted molar refractivity (Wildman–Crippen MR) is 65.1 cm³/mol. The molecule has 1 aliphatic carbocycles. The fourth-order valence-corrected chi connectivity index (χ4v) is 2.81. The third-order valence-corrected chi connectivity index (χ3v) is 3.99. The molecular formula is C12H12N2O2S. The Morgan fingerprint density at radius 3 is 3.06 bits per heavy atom. The van der Waals surface area contributed by atoms with Crippen LogP contribution in [-0.2, 0) is 4.79 Å². The molecule has 1 saturated carbocycles. The SMILES string of the molecule is O=C(O)CC(c1ccc2snnc2c1)C1CC1. The molecule has 1 aromatic heterocycles. The monoisotopic (exact) mass is 248 g/mol. The van der Waals surface area contributed by atoms with E-state index in [9.17, 15) is 4.79 Å². The van der Waals surface area contributed by atoms with Gasteiger partial charge >= 0.3 is 5.97 Å². The number of hydrogen-bond acceptors (Lipinski definition) is 4. The zero-order chi connectivity index (χ0) is 11.8. The number of fused-ring (bicyclic) bond motifs is 1. The van der Waals surface area contributed by atoms with Gasteiger partial charge in [0.25, 0.3) is 0 Å². The Kier molecular flexibility index (Phi) is 2.55. The number of nitrogens with zero attached hydrogens (tertiary/aromatic N) is 2. The van der Waals surface area contributed by atoms with Crippen LogP contribution in [0.2, 0.25) is 0 Å². The molecule has 1 atom stereocenters. The smallest absolute Gasteiger partial charge is 0.303 e. The van der Waals surface area contributed by atoms with Crippen LogP contribution in [0.1, 0.15) is 30.7 Å². The van der Waals surface area contributed by atoms with Crippen molar-refractivity contribution in [2.75, 3.05) is 0 Å². The summed E-state index contributed by atoms with van der Waals surface area (Å²) in [6.07, 6.45) is 2.50. The summed E-state index contributed by atoms with van der Waals surface area (Å²) in [5.74, 6) is -0.0489. The van der Waals surface area contributed by atoms with Gasteiger partial charge in [-0.1, -0.05) is 10.6 Å². The maximum atomic E-state index is 10.9. The summed E-state index contributed by atoms with van der Waals surface area (Å²) in [6, 6.07) is 6.01. The lowest BCUT2D eigenvalue weighted by molar-refractivity contribution is -0.137. The molecule has 1 heterocycles. The van der Waals surface area contributed by atoms with Gasteiger partial charge in [-0.3, -0.25) is 4.79 Å². The van der Waals surface area contributed by atoms with Crippen LogP contribution >= 0.6 is 11.5 Å².